The van der Waals surface area contributed by atoms with Crippen molar-refractivity contribution in [3.05, 3.63) is 101 Å². The standard InChI is InChI=1S/C28H29N5O3S.C3H3F3O3/c1-19(21-6-4-3-5-7-21)31-28(34)32-27-11-10-25(13-26(27)24-16-30-33(2)17-24)37(35,36)18-20-8-9-22-14-29-15-23(22)12-20;1-8-9-2(7)3(4,5)6/h3-13,16-17,19,29H,14-15,18H2,1-2H3,(H2,31,32,34);1H3. The maximum absolute atomic E-state index is 13.4. The number of benzene rings is 3. The number of fused-ring (bicyclic) bond motifs is 1. The molecule has 2 heterocycles. The fraction of sp³-hybridized carbons (Fsp3) is 0.258. The van der Waals surface area contributed by atoms with Crippen molar-refractivity contribution < 1.29 is 41.0 Å². The van der Waals surface area contributed by atoms with Crippen molar-refractivity contribution in [3.63, 3.8) is 0 Å². The van der Waals surface area contributed by atoms with E-state index in [1.54, 1.807) is 42.3 Å². The third-order valence-electron chi connectivity index (χ3n) is 6.91. The van der Waals surface area contributed by atoms with Gasteiger partial charge >= 0.3 is 18.2 Å². The molecule has 3 N–H and O–H groups in total. The van der Waals surface area contributed by atoms with Crippen LogP contribution < -0.4 is 16.0 Å². The second-order valence-electron chi connectivity index (χ2n) is 10.3. The molecule has 0 fully saturated rings. The number of urea groups is 1. The van der Waals surface area contributed by atoms with Crippen LogP contribution in [0.2, 0.25) is 0 Å². The summed E-state index contributed by atoms with van der Waals surface area (Å²) in [6, 6.07) is 19.7. The molecule has 244 valence electrons. The van der Waals surface area contributed by atoms with Crippen molar-refractivity contribution in [2.75, 3.05) is 12.4 Å². The Morgan fingerprint density at radius 2 is 1.76 bits per heavy atom. The quantitative estimate of drug-likeness (QED) is 0.173. The summed E-state index contributed by atoms with van der Waals surface area (Å²) in [6.45, 7) is 3.46. The number of hydrogen-bond acceptors (Lipinski definition) is 8. The summed E-state index contributed by atoms with van der Waals surface area (Å²) in [4.78, 5) is 29.2. The zero-order chi connectivity index (χ0) is 33.5. The molecule has 46 heavy (non-hydrogen) atoms. The molecule has 11 nitrogen and oxygen atoms in total. The molecule has 1 atom stereocenters. The molecule has 5 rings (SSSR count). The van der Waals surface area contributed by atoms with Gasteiger partial charge in [-0.25, -0.2) is 18.0 Å². The van der Waals surface area contributed by atoms with Gasteiger partial charge in [0.05, 0.1) is 35.7 Å². The van der Waals surface area contributed by atoms with Crippen molar-refractivity contribution in [3.8, 4) is 11.1 Å². The zero-order valence-electron chi connectivity index (χ0n) is 25.1. The molecule has 0 aliphatic carbocycles. The summed E-state index contributed by atoms with van der Waals surface area (Å²) < 4.78 is 61.7. The van der Waals surface area contributed by atoms with Crippen LogP contribution >= 0.6 is 0 Å². The highest BCUT2D eigenvalue weighted by Crippen LogP contribution is 2.32. The lowest BCUT2D eigenvalue weighted by Gasteiger charge is -2.17. The number of aromatic nitrogens is 2. The number of halogens is 3. The van der Waals surface area contributed by atoms with Crippen LogP contribution in [0.15, 0.2) is 84.0 Å². The first kappa shape index (κ1) is 34.1. The third kappa shape index (κ3) is 8.93. The van der Waals surface area contributed by atoms with Crippen LogP contribution in [0, 0.1) is 0 Å². The van der Waals surface area contributed by atoms with Gasteiger partial charge in [0.1, 0.15) is 0 Å². The van der Waals surface area contributed by atoms with Gasteiger partial charge in [0.25, 0.3) is 0 Å². The number of amides is 2. The van der Waals surface area contributed by atoms with Crippen LogP contribution in [0.4, 0.5) is 23.7 Å². The number of hydrogen-bond donors (Lipinski definition) is 3. The van der Waals surface area contributed by atoms with Crippen molar-refractivity contribution >= 4 is 27.5 Å². The third-order valence-corrected chi connectivity index (χ3v) is 8.60. The molecular weight excluding hydrogens is 627 g/mol. The number of rotatable bonds is 8. The average Bonchev–Trinajstić information content (AvgIpc) is 3.66. The molecule has 0 radical (unpaired) electrons. The number of carbonyl (C=O) groups is 2. The highest BCUT2D eigenvalue weighted by atomic mass is 32.2. The van der Waals surface area contributed by atoms with Gasteiger partial charge in [-0.1, -0.05) is 48.5 Å². The molecular formula is C31H32F3N5O6S. The smallest absolute Gasteiger partial charge is 0.331 e. The summed E-state index contributed by atoms with van der Waals surface area (Å²) in [5, 5.41) is 13.3. The number of sulfone groups is 1. The van der Waals surface area contributed by atoms with E-state index in [0.29, 0.717) is 16.8 Å². The van der Waals surface area contributed by atoms with Gasteiger partial charge in [-0.3, -0.25) is 9.57 Å². The fourth-order valence-corrected chi connectivity index (χ4v) is 6.03. The molecule has 1 aliphatic rings. The Labute approximate surface area is 263 Å². The molecule has 0 saturated heterocycles. The first-order chi connectivity index (χ1) is 21.8. The number of nitrogens with one attached hydrogen (secondary N) is 3. The maximum atomic E-state index is 13.4. The van der Waals surface area contributed by atoms with Gasteiger partial charge < -0.3 is 16.0 Å². The van der Waals surface area contributed by atoms with Gasteiger partial charge in [-0.05, 0) is 47.4 Å². The highest BCUT2D eigenvalue weighted by Gasteiger charge is 2.42. The summed E-state index contributed by atoms with van der Waals surface area (Å²) >= 11 is 0. The second kappa shape index (κ2) is 14.6. The molecule has 0 saturated carbocycles. The van der Waals surface area contributed by atoms with Crippen molar-refractivity contribution in [1.82, 2.24) is 20.4 Å². The van der Waals surface area contributed by atoms with Gasteiger partial charge in [0.2, 0.25) is 0 Å². The second-order valence-corrected chi connectivity index (χ2v) is 12.3. The maximum Gasteiger partial charge on any atom is 0.494 e. The molecule has 2 amide bonds. The molecule has 15 heteroatoms. The number of aryl methyl sites for hydroxylation is 1. The molecule has 1 unspecified atom stereocenters. The average molecular weight is 660 g/mol. The lowest BCUT2D eigenvalue weighted by molar-refractivity contribution is -0.287. The molecule has 0 bridgehead atoms. The monoisotopic (exact) mass is 659 g/mol. The summed E-state index contributed by atoms with van der Waals surface area (Å²) in [5.41, 5.74) is 5.85. The minimum Gasteiger partial charge on any atom is -0.331 e. The topological polar surface area (TPSA) is 141 Å². The molecule has 1 aromatic heterocycles. The Morgan fingerprint density at radius 1 is 1.04 bits per heavy atom. The highest BCUT2D eigenvalue weighted by molar-refractivity contribution is 7.90. The van der Waals surface area contributed by atoms with Gasteiger partial charge in [-0.2, -0.15) is 23.2 Å². The zero-order valence-corrected chi connectivity index (χ0v) is 25.9. The van der Waals surface area contributed by atoms with E-state index >= 15 is 0 Å². The summed E-state index contributed by atoms with van der Waals surface area (Å²) in [5.74, 6) is -2.46. The van der Waals surface area contributed by atoms with Crippen LogP contribution in [-0.4, -0.2) is 43.5 Å². The molecule has 0 spiro atoms. The number of alkyl halides is 3. The minimum atomic E-state index is -4.98. The van der Waals surface area contributed by atoms with Gasteiger partial charge in [0, 0.05) is 37.5 Å². The van der Waals surface area contributed by atoms with E-state index in [-0.39, 0.29) is 22.7 Å². The van der Waals surface area contributed by atoms with E-state index in [1.807, 2.05) is 55.5 Å². The molecule has 4 aromatic rings. The van der Waals surface area contributed by atoms with Crippen molar-refractivity contribution in [1.29, 1.82) is 0 Å². The Morgan fingerprint density at radius 3 is 2.39 bits per heavy atom. The molecule has 1 aliphatic heterocycles. The van der Waals surface area contributed by atoms with E-state index in [0.717, 1.165) is 36.9 Å². The van der Waals surface area contributed by atoms with Crippen LogP contribution in [-0.2, 0) is 50.3 Å². The lowest BCUT2D eigenvalue weighted by atomic mass is 10.1. The van der Waals surface area contributed by atoms with Gasteiger partial charge in [0.15, 0.2) is 9.84 Å². The van der Waals surface area contributed by atoms with E-state index in [4.69, 9.17) is 0 Å². The van der Waals surface area contributed by atoms with Gasteiger partial charge in [-0.15, -0.1) is 0 Å². The van der Waals surface area contributed by atoms with E-state index in [9.17, 15) is 31.2 Å². The first-order valence-corrected chi connectivity index (χ1v) is 15.5. The minimum absolute atomic E-state index is 0.103. The van der Waals surface area contributed by atoms with Crippen molar-refractivity contribution in [2.24, 2.45) is 7.05 Å². The first-order valence-electron chi connectivity index (χ1n) is 13.9. The van der Waals surface area contributed by atoms with Crippen LogP contribution in [0.5, 0.6) is 0 Å². The van der Waals surface area contributed by atoms with E-state index < -0.39 is 22.0 Å². The normalized spacial score (nSPS) is 13.2. The van der Waals surface area contributed by atoms with E-state index in [2.05, 4.69) is 30.8 Å². The SMILES string of the molecule is CC(NC(=O)Nc1ccc(S(=O)(=O)Cc2ccc3c(c2)CNC3)cc1-c1cnn(C)c1)c1ccccc1.COOC(=O)C(F)(F)F. The number of anilines is 1. The summed E-state index contributed by atoms with van der Waals surface area (Å²) in [6.07, 6.45) is -1.54. The Bertz CT molecular complexity index is 1800. The summed E-state index contributed by atoms with van der Waals surface area (Å²) in [7, 11) is -1.04. The lowest BCUT2D eigenvalue weighted by Crippen LogP contribution is -2.31. The van der Waals surface area contributed by atoms with Crippen LogP contribution in [0.25, 0.3) is 11.1 Å². The predicted octanol–water partition coefficient (Wildman–Crippen LogP) is 5.20. The van der Waals surface area contributed by atoms with E-state index in [1.165, 1.54) is 5.56 Å². The largest absolute Gasteiger partial charge is 0.494 e. The fourth-order valence-electron chi connectivity index (χ4n) is 4.67. The number of carbonyl (C=O) groups excluding carboxylic acids is 2. The van der Waals surface area contributed by atoms with Crippen molar-refractivity contribution in [2.45, 2.75) is 42.9 Å². The van der Waals surface area contributed by atoms with Crippen LogP contribution in [0.3, 0.4) is 0 Å². The Kier molecular flexibility index (Phi) is 10.8. The molecule has 3 aromatic carbocycles. The Hall–Kier alpha value is -4.73. The van der Waals surface area contributed by atoms with Crippen LogP contribution in [0.1, 0.15) is 35.2 Å². The Balaban J connectivity index is 0.000000468. The number of nitrogens with zero attached hydrogens (tertiary/aromatic N) is 2. The predicted molar refractivity (Wildman–Crippen MR) is 163 cm³/mol.